The largest absolute Gasteiger partial charge is 0.467 e. The molecule has 0 aromatic carbocycles. The van der Waals surface area contributed by atoms with Crippen LogP contribution in [0.4, 0.5) is 5.69 Å². The molecule has 0 radical (unpaired) electrons. The average Bonchev–Trinajstić information content (AvgIpc) is 3.00. The van der Waals surface area contributed by atoms with E-state index in [0.29, 0.717) is 17.9 Å². The molecule has 0 fully saturated rings. The number of rotatable bonds is 6. The number of aliphatic hydroxyl groups is 1. The number of sulfone groups is 1. The van der Waals surface area contributed by atoms with Gasteiger partial charge in [-0.25, -0.2) is 13.4 Å². The first-order valence-electron chi connectivity index (χ1n) is 7.37. The van der Waals surface area contributed by atoms with Crippen molar-refractivity contribution >= 4 is 15.5 Å². The third-order valence-electron chi connectivity index (χ3n) is 3.46. The first kappa shape index (κ1) is 17.5. The number of anilines is 1. The van der Waals surface area contributed by atoms with Crippen LogP contribution in [0.15, 0.2) is 46.2 Å². The summed E-state index contributed by atoms with van der Waals surface area (Å²) >= 11 is 0. The summed E-state index contributed by atoms with van der Waals surface area (Å²) in [7, 11) is -3.47. The molecule has 126 valence electrons. The fourth-order valence-corrected chi connectivity index (χ4v) is 3.11. The lowest BCUT2D eigenvalue weighted by Gasteiger charge is -2.19. The van der Waals surface area contributed by atoms with Crippen LogP contribution in [-0.4, -0.2) is 29.9 Å². The molecular formula is C16H22N2O4S. The molecule has 0 saturated heterocycles. The van der Waals surface area contributed by atoms with Crippen LogP contribution in [-0.2, 0) is 9.84 Å². The Morgan fingerprint density at radius 3 is 2.52 bits per heavy atom. The third-order valence-corrected chi connectivity index (χ3v) is 5.87. The van der Waals surface area contributed by atoms with Gasteiger partial charge in [-0.3, -0.25) is 0 Å². The molecule has 0 saturated carbocycles. The Morgan fingerprint density at radius 2 is 2.04 bits per heavy atom. The summed E-state index contributed by atoms with van der Waals surface area (Å²) in [6.45, 7) is 4.93. The molecule has 0 spiro atoms. The molecule has 0 aliphatic rings. The maximum atomic E-state index is 12.3. The van der Waals surface area contributed by atoms with Gasteiger partial charge < -0.3 is 14.8 Å². The van der Waals surface area contributed by atoms with Crippen molar-refractivity contribution in [1.82, 2.24) is 4.98 Å². The molecule has 2 aromatic heterocycles. The first-order valence-corrected chi connectivity index (χ1v) is 8.85. The van der Waals surface area contributed by atoms with Crippen molar-refractivity contribution in [3.63, 3.8) is 0 Å². The van der Waals surface area contributed by atoms with Crippen molar-refractivity contribution in [2.24, 2.45) is 0 Å². The molecule has 2 N–H and O–H groups in total. The predicted molar refractivity (Wildman–Crippen MR) is 88.0 cm³/mol. The number of pyridine rings is 1. The molecule has 0 aliphatic carbocycles. The van der Waals surface area contributed by atoms with Gasteiger partial charge in [0.15, 0.2) is 14.9 Å². The highest BCUT2D eigenvalue weighted by Gasteiger charge is 2.32. The first-order chi connectivity index (χ1) is 10.8. The molecule has 6 nitrogen and oxygen atoms in total. The third kappa shape index (κ3) is 3.92. The Morgan fingerprint density at radius 1 is 1.30 bits per heavy atom. The van der Waals surface area contributed by atoms with Crippen LogP contribution in [0.5, 0.6) is 0 Å². The van der Waals surface area contributed by atoms with Gasteiger partial charge >= 0.3 is 0 Å². The fourth-order valence-electron chi connectivity index (χ4n) is 2.04. The summed E-state index contributed by atoms with van der Waals surface area (Å²) in [4.78, 5) is 4.07. The van der Waals surface area contributed by atoms with E-state index < -0.39 is 14.6 Å². The van der Waals surface area contributed by atoms with Crippen LogP contribution in [0.2, 0.25) is 0 Å². The maximum absolute atomic E-state index is 12.3. The summed E-state index contributed by atoms with van der Waals surface area (Å²) < 4.78 is 29.1. The molecule has 23 heavy (non-hydrogen) atoms. The number of hydrogen-bond acceptors (Lipinski definition) is 6. The molecule has 2 aromatic rings. The minimum Gasteiger partial charge on any atom is -0.467 e. The van der Waals surface area contributed by atoms with Gasteiger partial charge in [0.25, 0.3) is 0 Å². The van der Waals surface area contributed by atoms with E-state index in [1.54, 1.807) is 39.2 Å². The number of aromatic nitrogens is 1. The Kier molecular flexibility index (Phi) is 5.11. The van der Waals surface area contributed by atoms with E-state index in [1.165, 1.54) is 12.3 Å². The Hall–Kier alpha value is -1.86. The van der Waals surface area contributed by atoms with Crippen molar-refractivity contribution in [3.05, 3.63) is 42.5 Å². The van der Waals surface area contributed by atoms with E-state index in [2.05, 4.69) is 10.3 Å². The highest BCUT2D eigenvalue weighted by molar-refractivity contribution is 7.92. The number of nitrogens with one attached hydrogen (secondary N) is 1. The van der Waals surface area contributed by atoms with Gasteiger partial charge in [-0.1, -0.05) is 0 Å². The van der Waals surface area contributed by atoms with Gasteiger partial charge in [0.2, 0.25) is 0 Å². The van der Waals surface area contributed by atoms with Crippen molar-refractivity contribution in [2.45, 2.75) is 43.0 Å². The summed E-state index contributed by atoms with van der Waals surface area (Å²) in [5, 5.41) is 12.4. The minimum atomic E-state index is -3.47. The monoisotopic (exact) mass is 338 g/mol. The number of nitrogens with zero attached hydrogens (tertiary/aromatic N) is 1. The maximum Gasteiger partial charge on any atom is 0.200 e. The quantitative estimate of drug-likeness (QED) is 0.841. The molecule has 1 unspecified atom stereocenters. The smallest absolute Gasteiger partial charge is 0.200 e. The standard InChI is InChI=1S/C16H22N2O4S/c1-16(2,3)23(20,21)15-7-6-12(11-17-15)18-13(8-9-19)14-5-4-10-22-14/h4-7,10-11,13,18-19H,8-9H2,1-3H3. The molecule has 2 rings (SSSR count). The van der Waals surface area contributed by atoms with Crippen LogP contribution in [0.1, 0.15) is 39.0 Å². The SMILES string of the molecule is CC(C)(C)S(=O)(=O)c1ccc(NC(CCO)c2ccco2)cn1. The van der Waals surface area contributed by atoms with Gasteiger partial charge in [-0.05, 0) is 51.5 Å². The highest BCUT2D eigenvalue weighted by Crippen LogP contribution is 2.26. The molecular weight excluding hydrogens is 316 g/mol. The van der Waals surface area contributed by atoms with Crippen LogP contribution in [0.25, 0.3) is 0 Å². The van der Waals surface area contributed by atoms with Gasteiger partial charge in [0.1, 0.15) is 5.76 Å². The highest BCUT2D eigenvalue weighted by atomic mass is 32.2. The molecule has 0 bridgehead atoms. The fraction of sp³-hybridized carbons (Fsp3) is 0.438. The van der Waals surface area contributed by atoms with Crippen LogP contribution in [0, 0.1) is 0 Å². The lowest BCUT2D eigenvalue weighted by Crippen LogP contribution is -2.28. The summed E-state index contributed by atoms with van der Waals surface area (Å²) in [5.41, 5.74) is 0.660. The van der Waals surface area contributed by atoms with Crippen molar-refractivity contribution in [2.75, 3.05) is 11.9 Å². The van der Waals surface area contributed by atoms with Crippen LogP contribution in [0.3, 0.4) is 0 Å². The van der Waals surface area contributed by atoms with E-state index in [-0.39, 0.29) is 17.7 Å². The van der Waals surface area contributed by atoms with Crippen molar-refractivity contribution in [1.29, 1.82) is 0 Å². The summed E-state index contributed by atoms with van der Waals surface area (Å²) in [6, 6.07) is 6.54. The van der Waals surface area contributed by atoms with Gasteiger partial charge in [-0.15, -0.1) is 0 Å². The number of hydrogen-bond donors (Lipinski definition) is 2. The second kappa shape index (κ2) is 6.72. The zero-order valence-electron chi connectivity index (χ0n) is 13.5. The Bertz CT molecular complexity index is 716. The summed E-state index contributed by atoms with van der Waals surface area (Å²) in [5.74, 6) is 0.699. The normalized spacial score (nSPS) is 13.7. The van der Waals surface area contributed by atoms with E-state index in [1.807, 2.05) is 6.07 Å². The van der Waals surface area contributed by atoms with Gasteiger partial charge in [0.05, 0.1) is 28.9 Å². The number of furan rings is 1. The second-order valence-electron chi connectivity index (χ2n) is 6.23. The average molecular weight is 338 g/mol. The molecule has 7 heteroatoms. The van der Waals surface area contributed by atoms with Crippen molar-refractivity contribution < 1.29 is 17.9 Å². The zero-order chi connectivity index (χ0) is 17.1. The number of aliphatic hydroxyl groups excluding tert-OH is 1. The Balaban J connectivity index is 2.19. The van der Waals surface area contributed by atoms with Gasteiger partial charge in [-0.2, -0.15) is 0 Å². The van der Waals surface area contributed by atoms with Crippen molar-refractivity contribution in [3.8, 4) is 0 Å². The van der Waals surface area contributed by atoms with E-state index in [4.69, 9.17) is 4.42 Å². The molecule has 0 aliphatic heterocycles. The molecule has 2 heterocycles. The molecule has 1 atom stereocenters. The molecule has 0 amide bonds. The van der Waals surface area contributed by atoms with Crippen LogP contribution >= 0.6 is 0 Å². The lowest BCUT2D eigenvalue weighted by atomic mass is 10.1. The topological polar surface area (TPSA) is 92.4 Å². The zero-order valence-corrected chi connectivity index (χ0v) is 14.3. The lowest BCUT2D eigenvalue weighted by molar-refractivity contribution is 0.273. The second-order valence-corrected chi connectivity index (χ2v) is 8.88. The van der Waals surface area contributed by atoms with Crippen LogP contribution < -0.4 is 5.32 Å². The van der Waals surface area contributed by atoms with E-state index >= 15 is 0 Å². The predicted octanol–water partition coefficient (Wildman–Crippen LogP) is 2.78. The van der Waals surface area contributed by atoms with E-state index in [9.17, 15) is 13.5 Å². The Labute approximate surface area is 136 Å². The summed E-state index contributed by atoms with van der Waals surface area (Å²) in [6.07, 6.45) is 3.51. The van der Waals surface area contributed by atoms with E-state index in [0.717, 1.165) is 0 Å². The minimum absolute atomic E-state index is 0.00226. The van der Waals surface area contributed by atoms with Gasteiger partial charge in [0, 0.05) is 6.61 Å².